The van der Waals surface area contributed by atoms with Gasteiger partial charge in [0.05, 0.1) is 7.11 Å². The summed E-state index contributed by atoms with van der Waals surface area (Å²) in [7, 11) is 1.42. The highest BCUT2D eigenvalue weighted by molar-refractivity contribution is 5.76. The first-order valence-corrected chi connectivity index (χ1v) is 6.86. The van der Waals surface area contributed by atoms with Gasteiger partial charge in [0.15, 0.2) is 0 Å². The summed E-state index contributed by atoms with van der Waals surface area (Å²) in [5.74, 6) is 0.706. The van der Waals surface area contributed by atoms with E-state index in [2.05, 4.69) is 17.4 Å². The molecule has 4 nitrogen and oxygen atoms in total. The third kappa shape index (κ3) is 2.59. The summed E-state index contributed by atoms with van der Waals surface area (Å²) in [5, 5.41) is 3.13. The van der Waals surface area contributed by atoms with Crippen molar-refractivity contribution in [3.8, 4) is 5.75 Å². The van der Waals surface area contributed by atoms with Crippen LogP contribution in [0.4, 0.5) is 0 Å². The fourth-order valence-corrected chi connectivity index (χ4v) is 2.93. The molecule has 1 aliphatic heterocycles. The maximum atomic E-state index is 11.4. The molecule has 0 saturated carbocycles. The van der Waals surface area contributed by atoms with Crippen LogP contribution in [0.2, 0.25) is 0 Å². The molecule has 102 valence electrons. The fraction of sp³-hybridized carbons (Fsp3) is 0.533. The molecule has 1 aromatic carbocycles. The van der Waals surface area contributed by atoms with Gasteiger partial charge in [0.2, 0.25) is 0 Å². The van der Waals surface area contributed by atoms with Crippen LogP contribution in [0.3, 0.4) is 0 Å². The van der Waals surface area contributed by atoms with Crippen molar-refractivity contribution in [2.45, 2.75) is 37.8 Å². The number of carbonyl (C=O) groups excluding carboxylic acids is 1. The Morgan fingerprint density at radius 3 is 3.00 bits per heavy atom. The first kappa shape index (κ1) is 12.5. The first-order chi connectivity index (χ1) is 9.26. The summed E-state index contributed by atoms with van der Waals surface area (Å²) in [6.07, 6.45) is 4.30. The van der Waals surface area contributed by atoms with E-state index in [1.807, 2.05) is 6.07 Å². The van der Waals surface area contributed by atoms with Gasteiger partial charge in [-0.25, -0.2) is 0 Å². The van der Waals surface area contributed by atoms with Crippen molar-refractivity contribution in [3.63, 3.8) is 0 Å². The topological polar surface area (TPSA) is 47.6 Å². The smallest absolute Gasteiger partial charge is 0.323 e. The minimum Gasteiger partial charge on any atom is -0.489 e. The van der Waals surface area contributed by atoms with Gasteiger partial charge in [-0.3, -0.25) is 4.79 Å². The van der Waals surface area contributed by atoms with E-state index in [0.717, 1.165) is 12.2 Å². The third-order valence-corrected chi connectivity index (χ3v) is 3.95. The van der Waals surface area contributed by atoms with Crippen LogP contribution in [0.1, 0.15) is 24.0 Å². The van der Waals surface area contributed by atoms with E-state index in [0.29, 0.717) is 13.0 Å². The number of carbonyl (C=O) groups is 1. The Morgan fingerprint density at radius 1 is 1.32 bits per heavy atom. The van der Waals surface area contributed by atoms with Gasteiger partial charge in [-0.05, 0) is 42.5 Å². The lowest BCUT2D eigenvalue weighted by atomic mass is 10.1. The fourth-order valence-electron chi connectivity index (χ4n) is 2.93. The van der Waals surface area contributed by atoms with Gasteiger partial charge in [-0.15, -0.1) is 0 Å². The zero-order valence-corrected chi connectivity index (χ0v) is 11.1. The molecule has 19 heavy (non-hydrogen) atoms. The molecule has 0 aromatic heterocycles. The Morgan fingerprint density at radius 2 is 2.16 bits per heavy atom. The number of rotatable bonds is 3. The monoisotopic (exact) mass is 261 g/mol. The summed E-state index contributed by atoms with van der Waals surface area (Å²) in [5.41, 5.74) is 2.86. The molecule has 1 aromatic rings. The van der Waals surface area contributed by atoms with E-state index < -0.39 is 0 Å². The molecule has 4 heteroatoms. The van der Waals surface area contributed by atoms with Crippen molar-refractivity contribution in [1.82, 2.24) is 5.32 Å². The summed E-state index contributed by atoms with van der Waals surface area (Å²) >= 11 is 0. The van der Waals surface area contributed by atoms with Crippen molar-refractivity contribution in [2.75, 3.05) is 13.7 Å². The van der Waals surface area contributed by atoms with Crippen LogP contribution >= 0.6 is 0 Å². The quantitative estimate of drug-likeness (QED) is 0.837. The minimum atomic E-state index is -0.232. The Hall–Kier alpha value is -1.55. The second-order valence-electron chi connectivity index (χ2n) is 5.24. The highest BCUT2D eigenvalue weighted by Gasteiger charge is 2.31. The normalized spacial score (nSPS) is 25.1. The van der Waals surface area contributed by atoms with Crippen LogP contribution in [0.25, 0.3) is 0 Å². The molecule has 0 amide bonds. The molecule has 1 aliphatic carbocycles. The number of benzene rings is 1. The Bertz CT molecular complexity index is 486. The Kier molecular flexibility index (Phi) is 3.42. The number of fused-ring (bicyclic) bond motifs is 1. The third-order valence-electron chi connectivity index (χ3n) is 3.95. The molecular weight excluding hydrogens is 242 g/mol. The molecular formula is C15H19NO3. The molecule has 0 bridgehead atoms. The lowest BCUT2D eigenvalue weighted by Crippen LogP contribution is -2.31. The van der Waals surface area contributed by atoms with E-state index in [9.17, 15) is 4.79 Å². The molecule has 1 heterocycles. The predicted molar refractivity (Wildman–Crippen MR) is 71.3 cm³/mol. The van der Waals surface area contributed by atoms with Gasteiger partial charge >= 0.3 is 5.97 Å². The standard InChI is InChI=1S/C15H19NO3/c1-18-15(17)14-8-13(9-16-14)19-12-6-5-10-3-2-4-11(10)7-12/h5-7,13-14,16H,2-4,8-9H2,1H3. The molecule has 0 radical (unpaired) electrons. The van der Waals surface area contributed by atoms with Crippen LogP contribution in [-0.4, -0.2) is 31.8 Å². The van der Waals surface area contributed by atoms with Gasteiger partial charge in [-0.2, -0.15) is 0 Å². The number of nitrogens with one attached hydrogen (secondary N) is 1. The highest BCUT2D eigenvalue weighted by atomic mass is 16.5. The average molecular weight is 261 g/mol. The van der Waals surface area contributed by atoms with Gasteiger partial charge in [-0.1, -0.05) is 6.07 Å². The van der Waals surface area contributed by atoms with Crippen LogP contribution in [0.5, 0.6) is 5.75 Å². The van der Waals surface area contributed by atoms with Crippen molar-refractivity contribution >= 4 is 5.97 Å². The lowest BCUT2D eigenvalue weighted by molar-refractivity contribution is -0.142. The number of ether oxygens (including phenoxy) is 2. The first-order valence-electron chi connectivity index (χ1n) is 6.86. The van der Waals surface area contributed by atoms with E-state index in [1.165, 1.54) is 31.1 Å². The van der Waals surface area contributed by atoms with E-state index in [-0.39, 0.29) is 18.1 Å². The minimum absolute atomic E-state index is 0.0450. The largest absolute Gasteiger partial charge is 0.489 e. The maximum Gasteiger partial charge on any atom is 0.323 e. The number of esters is 1. The van der Waals surface area contributed by atoms with Crippen molar-refractivity contribution < 1.29 is 14.3 Å². The highest BCUT2D eigenvalue weighted by Crippen LogP contribution is 2.27. The van der Waals surface area contributed by atoms with Crippen LogP contribution < -0.4 is 10.1 Å². The number of hydrogen-bond donors (Lipinski definition) is 1. The SMILES string of the molecule is COC(=O)C1CC(Oc2ccc3c(c2)CCC3)CN1. The van der Waals surface area contributed by atoms with Gasteiger partial charge in [0.1, 0.15) is 17.9 Å². The Labute approximate surface area is 113 Å². The molecule has 3 rings (SSSR count). The molecule has 2 aliphatic rings. The number of aryl methyl sites for hydroxylation is 2. The molecule has 1 saturated heterocycles. The zero-order valence-electron chi connectivity index (χ0n) is 11.1. The van der Waals surface area contributed by atoms with Crippen molar-refractivity contribution in [1.29, 1.82) is 0 Å². The molecule has 2 atom stereocenters. The second kappa shape index (κ2) is 5.21. The number of methoxy groups -OCH3 is 1. The summed E-state index contributed by atoms with van der Waals surface area (Å²) < 4.78 is 10.7. The van der Waals surface area contributed by atoms with Crippen molar-refractivity contribution in [2.24, 2.45) is 0 Å². The van der Waals surface area contributed by atoms with E-state index in [4.69, 9.17) is 9.47 Å². The van der Waals surface area contributed by atoms with Crippen molar-refractivity contribution in [3.05, 3.63) is 29.3 Å². The number of hydrogen-bond acceptors (Lipinski definition) is 4. The van der Waals surface area contributed by atoms with Crippen LogP contribution in [-0.2, 0) is 22.4 Å². The summed E-state index contributed by atoms with van der Waals surface area (Å²) in [6.45, 7) is 0.691. The lowest BCUT2D eigenvalue weighted by Gasteiger charge is -2.13. The van der Waals surface area contributed by atoms with Crippen LogP contribution in [0.15, 0.2) is 18.2 Å². The van der Waals surface area contributed by atoms with Gasteiger partial charge < -0.3 is 14.8 Å². The van der Waals surface area contributed by atoms with E-state index >= 15 is 0 Å². The summed E-state index contributed by atoms with van der Waals surface area (Å²) in [6, 6.07) is 6.12. The molecule has 2 unspecified atom stereocenters. The second-order valence-corrected chi connectivity index (χ2v) is 5.24. The Balaban J connectivity index is 1.62. The molecule has 1 fully saturated rings. The predicted octanol–water partition coefficient (Wildman–Crippen LogP) is 1.46. The maximum absolute atomic E-state index is 11.4. The average Bonchev–Trinajstić information content (AvgIpc) is 3.06. The van der Waals surface area contributed by atoms with Crippen LogP contribution in [0, 0.1) is 0 Å². The molecule has 0 spiro atoms. The zero-order chi connectivity index (χ0) is 13.2. The van der Waals surface area contributed by atoms with E-state index in [1.54, 1.807) is 0 Å². The van der Waals surface area contributed by atoms with Gasteiger partial charge in [0.25, 0.3) is 0 Å². The summed E-state index contributed by atoms with van der Waals surface area (Å²) in [4.78, 5) is 11.4. The van der Waals surface area contributed by atoms with Gasteiger partial charge in [0, 0.05) is 13.0 Å². The molecule has 1 N–H and O–H groups in total.